The van der Waals surface area contributed by atoms with E-state index in [4.69, 9.17) is 9.26 Å². The maximum Gasteiger partial charge on any atom is 0.291 e. The van der Waals surface area contributed by atoms with E-state index >= 15 is 0 Å². The maximum absolute atomic E-state index is 13.2. The third-order valence-corrected chi connectivity index (χ3v) is 6.19. The smallest absolute Gasteiger partial charge is 0.291 e. The molecule has 0 fully saturated rings. The fourth-order valence-electron chi connectivity index (χ4n) is 4.02. The molecular weight excluding hydrogens is 500 g/mol. The summed E-state index contributed by atoms with van der Waals surface area (Å²) in [6.07, 6.45) is 0.490. The largest absolute Gasteiger partial charge is 0.489 e. The number of carbonyl (C=O) groups is 2. The quantitative estimate of drug-likeness (QED) is 0.335. The molecule has 0 bridgehead atoms. The summed E-state index contributed by atoms with van der Waals surface area (Å²) in [4.78, 5) is 31.7. The Labute approximate surface area is 224 Å². The van der Waals surface area contributed by atoms with Gasteiger partial charge in [-0.05, 0) is 37.6 Å². The van der Waals surface area contributed by atoms with Crippen molar-refractivity contribution in [2.45, 2.75) is 31.9 Å². The lowest BCUT2D eigenvalue weighted by Gasteiger charge is -2.20. The lowest BCUT2D eigenvalue weighted by Crippen LogP contribution is -2.49. The van der Waals surface area contributed by atoms with E-state index in [2.05, 4.69) is 37.5 Å². The number of benzene rings is 2. The number of aliphatic hydroxyl groups is 1. The molecule has 1 aliphatic rings. The van der Waals surface area contributed by atoms with Gasteiger partial charge in [-0.25, -0.2) is 4.98 Å². The molecule has 11 nitrogen and oxygen atoms in total. The van der Waals surface area contributed by atoms with Crippen molar-refractivity contribution in [1.29, 1.82) is 0 Å². The third kappa shape index (κ3) is 5.66. The molecule has 1 aliphatic heterocycles. The van der Waals surface area contributed by atoms with Gasteiger partial charge in [0.2, 0.25) is 5.82 Å². The number of likely N-dealkylation sites (N-methyl/N-ethyl adjacent to an activating group) is 1. The number of fused-ring (bicyclic) bond motifs is 1. The van der Waals surface area contributed by atoms with E-state index in [-0.39, 0.29) is 18.3 Å². The van der Waals surface area contributed by atoms with E-state index in [0.717, 1.165) is 5.56 Å². The van der Waals surface area contributed by atoms with Gasteiger partial charge in [0.05, 0.1) is 5.69 Å². The van der Waals surface area contributed by atoms with Crippen molar-refractivity contribution in [2.24, 2.45) is 0 Å². The van der Waals surface area contributed by atoms with Gasteiger partial charge >= 0.3 is 0 Å². The molecule has 3 N–H and O–H groups in total. The fraction of sp³-hybridized carbons (Fsp3) is 0.250. The molecule has 0 unspecified atom stereocenters. The SMILES string of the molecule is Cc1cc([C@](C)(O)C#Cc2ccc3c(c2)N(C)C(=O)[C@@H](NC(=O)c2n[nH]c(Cc4ccccc4)n2)CO3)no1. The Balaban J connectivity index is 1.28. The normalized spacial score (nSPS) is 16.3. The number of nitrogens with zero attached hydrogens (tertiary/aromatic N) is 4. The first kappa shape index (κ1) is 25.7. The summed E-state index contributed by atoms with van der Waals surface area (Å²) in [6, 6.07) is 15.4. The number of amides is 2. The first-order valence-corrected chi connectivity index (χ1v) is 12.2. The number of carbonyl (C=O) groups excluding carboxylic acids is 2. The first-order valence-electron chi connectivity index (χ1n) is 12.2. The number of hydrogen-bond donors (Lipinski definition) is 3. The van der Waals surface area contributed by atoms with Crippen molar-refractivity contribution in [3.8, 4) is 17.6 Å². The Morgan fingerprint density at radius 3 is 2.79 bits per heavy atom. The zero-order valence-corrected chi connectivity index (χ0v) is 21.6. The Morgan fingerprint density at radius 2 is 2.05 bits per heavy atom. The van der Waals surface area contributed by atoms with Crippen molar-refractivity contribution in [2.75, 3.05) is 18.6 Å². The zero-order valence-electron chi connectivity index (χ0n) is 21.6. The van der Waals surface area contributed by atoms with Crippen molar-refractivity contribution < 1.29 is 24.0 Å². The van der Waals surface area contributed by atoms with Crippen LogP contribution in [-0.2, 0) is 16.8 Å². The van der Waals surface area contributed by atoms with Crippen LogP contribution in [0.15, 0.2) is 59.1 Å². The van der Waals surface area contributed by atoms with E-state index in [1.807, 2.05) is 30.3 Å². The second-order valence-corrected chi connectivity index (χ2v) is 9.33. The molecule has 2 aromatic heterocycles. The van der Waals surface area contributed by atoms with Crippen molar-refractivity contribution in [3.63, 3.8) is 0 Å². The van der Waals surface area contributed by atoms with Crippen LogP contribution in [0.1, 0.15) is 45.9 Å². The maximum atomic E-state index is 13.2. The second kappa shape index (κ2) is 10.4. The minimum absolute atomic E-state index is 0.0648. The Kier molecular flexibility index (Phi) is 6.87. The van der Waals surface area contributed by atoms with E-state index in [9.17, 15) is 14.7 Å². The molecule has 3 heterocycles. The number of hydrogen-bond acceptors (Lipinski definition) is 8. The summed E-state index contributed by atoms with van der Waals surface area (Å²) >= 11 is 0. The number of aromatic amines is 1. The summed E-state index contributed by atoms with van der Waals surface area (Å²) in [7, 11) is 1.59. The summed E-state index contributed by atoms with van der Waals surface area (Å²) in [6.45, 7) is 3.17. The lowest BCUT2D eigenvalue weighted by molar-refractivity contribution is -0.120. The molecule has 2 aromatic carbocycles. The molecule has 39 heavy (non-hydrogen) atoms. The summed E-state index contributed by atoms with van der Waals surface area (Å²) in [5, 5.41) is 24.0. The molecule has 0 saturated carbocycles. The number of anilines is 1. The highest BCUT2D eigenvalue weighted by atomic mass is 16.5. The molecule has 0 radical (unpaired) electrons. The van der Waals surface area contributed by atoms with Crippen molar-refractivity contribution in [3.05, 3.63) is 88.8 Å². The van der Waals surface area contributed by atoms with Gasteiger partial charge < -0.3 is 24.6 Å². The van der Waals surface area contributed by atoms with Gasteiger partial charge in [0, 0.05) is 25.1 Å². The third-order valence-electron chi connectivity index (χ3n) is 6.19. The van der Waals surface area contributed by atoms with Crippen LogP contribution < -0.4 is 15.0 Å². The number of nitrogens with one attached hydrogen (secondary N) is 2. The Hall–Kier alpha value is -4.95. The fourth-order valence-corrected chi connectivity index (χ4v) is 4.02. The number of H-pyrrole nitrogens is 1. The molecular formula is C28H26N6O5. The van der Waals surface area contributed by atoms with Gasteiger partial charge in [-0.2, -0.15) is 0 Å². The van der Waals surface area contributed by atoms with Crippen LogP contribution >= 0.6 is 0 Å². The van der Waals surface area contributed by atoms with E-state index < -0.39 is 17.6 Å². The topological polar surface area (TPSA) is 146 Å². The summed E-state index contributed by atoms with van der Waals surface area (Å²) in [5.74, 6) is 6.22. The molecule has 2 amide bonds. The number of rotatable bonds is 5. The van der Waals surface area contributed by atoms with Gasteiger partial charge in [-0.1, -0.05) is 47.3 Å². The van der Waals surface area contributed by atoms with E-state index in [0.29, 0.717) is 40.7 Å². The average Bonchev–Trinajstić information content (AvgIpc) is 3.57. The van der Waals surface area contributed by atoms with E-state index in [1.54, 1.807) is 38.2 Å². The summed E-state index contributed by atoms with van der Waals surface area (Å²) < 4.78 is 10.9. The van der Waals surface area contributed by atoms with E-state index in [1.165, 1.54) is 11.8 Å². The van der Waals surface area contributed by atoms with Crippen LogP contribution in [-0.4, -0.2) is 57.0 Å². The van der Waals surface area contributed by atoms with Crippen molar-refractivity contribution >= 4 is 17.5 Å². The molecule has 198 valence electrons. The number of aryl methyl sites for hydroxylation is 1. The minimum atomic E-state index is -1.53. The Morgan fingerprint density at radius 1 is 1.26 bits per heavy atom. The second-order valence-electron chi connectivity index (χ2n) is 9.33. The van der Waals surface area contributed by atoms with Crippen LogP contribution in [0.3, 0.4) is 0 Å². The first-order chi connectivity index (χ1) is 18.7. The molecule has 0 aliphatic carbocycles. The molecule has 0 spiro atoms. The lowest BCUT2D eigenvalue weighted by atomic mass is 10.0. The monoisotopic (exact) mass is 526 g/mol. The highest BCUT2D eigenvalue weighted by molar-refractivity contribution is 6.02. The van der Waals surface area contributed by atoms with Crippen LogP contribution in [0.4, 0.5) is 5.69 Å². The van der Waals surface area contributed by atoms with Crippen LogP contribution in [0.2, 0.25) is 0 Å². The van der Waals surface area contributed by atoms with Gasteiger partial charge in [0.25, 0.3) is 11.8 Å². The highest BCUT2D eigenvalue weighted by Gasteiger charge is 2.32. The van der Waals surface area contributed by atoms with Gasteiger partial charge in [0.15, 0.2) is 5.60 Å². The Bertz CT molecular complexity index is 1580. The molecule has 11 heteroatoms. The van der Waals surface area contributed by atoms with Crippen LogP contribution in [0.5, 0.6) is 5.75 Å². The summed E-state index contributed by atoms with van der Waals surface area (Å²) in [5.41, 5.74) is 0.817. The average molecular weight is 527 g/mol. The van der Waals surface area contributed by atoms with Gasteiger partial charge in [0.1, 0.15) is 35.7 Å². The number of aromatic nitrogens is 4. The van der Waals surface area contributed by atoms with Crippen LogP contribution in [0.25, 0.3) is 0 Å². The van der Waals surface area contributed by atoms with Gasteiger partial charge in [-0.3, -0.25) is 14.7 Å². The predicted molar refractivity (Wildman–Crippen MR) is 140 cm³/mol. The molecule has 2 atom stereocenters. The minimum Gasteiger partial charge on any atom is -0.489 e. The predicted octanol–water partition coefficient (Wildman–Crippen LogP) is 2.10. The zero-order chi connectivity index (χ0) is 27.6. The highest BCUT2D eigenvalue weighted by Crippen LogP contribution is 2.31. The number of ether oxygens (including phenoxy) is 1. The van der Waals surface area contributed by atoms with Crippen LogP contribution in [0, 0.1) is 18.8 Å². The van der Waals surface area contributed by atoms with Gasteiger partial charge in [-0.15, -0.1) is 5.10 Å². The molecule has 5 rings (SSSR count). The van der Waals surface area contributed by atoms with Crippen molar-refractivity contribution in [1.82, 2.24) is 25.7 Å². The molecule has 0 saturated heterocycles. The molecule has 4 aromatic rings. The standard InChI is InChI=1S/C28H26N6O5/c1-17-13-23(33-39-17)28(2,37)12-11-19-9-10-22-21(14-19)34(3)27(36)20(16-38-22)29-26(35)25-30-24(31-32-25)15-18-7-5-4-6-8-18/h4-10,13-14,20,37H,15-16H2,1-3H3,(H,29,35)(H,30,31,32)/t20-,28+/m0/s1.